The van der Waals surface area contributed by atoms with E-state index in [2.05, 4.69) is 26.1 Å². The molecule has 0 aromatic heterocycles. The average Bonchev–Trinajstić information content (AvgIpc) is 2.42. The largest absolute Gasteiger partial charge is 0.467 e. The molecule has 1 rings (SSSR count). The zero-order valence-corrected chi connectivity index (χ0v) is 13.7. The predicted molar refractivity (Wildman–Crippen MR) is 83.3 cm³/mol. The molecule has 1 aromatic carbocycles. The van der Waals surface area contributed by atoms with Crippen molar-refractivity contribution in [2.24, 2.45) is 5.92 Å². The van der Waals surface area contributed by atoms with Crippen molar-refractivity contribution in [1.82, 2.24) is 5.32 Å². The summed E-state index contributed by atoms with van der Waals surface area (Å²) in [4.78, 5) is 23.9. The van der Waals surface area contributed by atoms with E-state index in [1.807, 2.05) is 26.0 Å². The fourth-order valence-corrected chi connectivity index (χ4v) is 1.97. The first-order valence-electron chi connectivity index (χ1n) is 7.16. The van der Waals surface area contributed by atoms with E-state index in [1.54, 1.807) is 12.1 Å². The number of benzene rings is 1. The van der Waals surface area contributed by atoms with Gasteiger partial charge < -0.3 is 10.1 Å². The topological polar surface area (TPSA) is 55.4 Å². The molecule has 0 saturated heterocycles. The van der Waals surface area contributed by atoms with Crippen LogP contribution in [0.1, 0.15) is 50.5 Å². The Bertz CT molecular complexity index is 498. The van der Waals surface area contributed by atoms with Crippen molar-refractivity contribution < 1.29 is 14.3 Å². The minimum Gasteiger partial charge on any atom is -0.467 e. The minimum atomic E-state index is -0.634. The molecular formula is C17H25NO3. The summed E-state index contributed by atoms with van der Waals surface area (Å²) in [5, 5.41) is 2.73. The second-order valence-electron chi connectivity index (χ2n) is 6.55. The van der Waals surface area contributed by atoms with Crippen LogP contribution in [0, 0.1) is 5.92 Å². The van der Waals surface area contributed by atoms with Crippen molar-refractivity contribution in [3.8, 4) is 0 Å². The first-order chi connectivity index (χ1) is 9.66. The monoisotopic (exact) mass is 291 g/mol. The van der Waals surface area contributed by atoms with Crippen molar-refractivity contribution in [1.29, 1.82) is 0 Å². The summed E-state index contributed by atoms with van der Waals surface area (Å²) in [6, 6.07) is 6.81. The maximum absolute atomic E-state index is 12.2. The Morgan fingerprint density at radius 3 is 2.00 bits per heavy atom. The van der Waals surface area contributed by atoms with Crippen LogP contribution in [-0.2, 0) is 14.9 Å². The van der Waals surface area contributed by atoms with Gasteiger partial charge in [0.25, 0.3) is 5.91 Å². The zero-order valence-electron chi connectivity index (χ0n) is 13.7. The van der Waals surface area contributed by atoms with E-state index in [1.165, 1.54) is 7.11 Å². The molecule has 0 radical (unpaired) electrons. The van der Waals surface area contributed by atoms with Crippen LogP contribution in [0.2, 0.25) is 0 Å². The van der Waals surface area contributed by atoms with E-state index in [0.29, 0.717) is 5.56 Å². The van der Waals surface area contributed by atoms with Crippen molar-refractivity contribution in [2.75, 3.05) is 7.11 Å². The van der Waals surface area contributed by atoms with Crippen LogP contribution < -0.4 is 5.32 Å². The van der Waals surface area contributed by atoms with Gasteiger partial charge in [0.15, 0.2) is 0 Å². The number of esters is 1. The van der Waals surface area contributed by atoms with Gasteiger partial charge in [-0.25, -0.2) is 4.79 Å². The van der Waals surface area contributed by atoms with Crippen LogP contribution >= 0.6 is 0 Å². The molecule has 0 aliphatic heterocycles. The van der Waals surface area contributed by atoms with E-state index in [4.69, 9.17) is 4.74 Å². The number of carbonyl (C=O) groups excluding carboxylic acids is 2. The number of hydrogen-bond donors (Lipinski definition) is 1. The molecule has 1 aromatic rings. The van der Waals surface area contributed by atoms with Gasteiger partial charge in [0.05, 0.1) is 7.11 Å². The minimum absolute atomic E-state index is 0.0322. The molecule has 116 valence electrons. The van der Waals surface area contributed by atoms with Gasteiger partial charge in [0.1, 0.15) is 6.04 Å². The van der Waals surface area contributed by atoms with Crippen molar-refractivity contribution in [3.63, 3.8) is 0 Å². The van der Waals surface area contributed by atoms with E-state index >= 15 is 0 Å². The highest BCUT2D eigenvalue weighted by Gasteiger charge is 2.25. The normalized spacial score (nSPS) is 12.9. The molecule has 1 N–H and O–H groups in total. The number of ether oxygens (including phenoxy) is 1. The number of hydrogen-bond acceptors (Lipinski definition) is 3. The quantitative estimate of drug-likeness (QED) is 0.868. The lowest BCUT2D eigenvalue weighted by molar-refractivity contribution is -0.144. The Kier molecular flexibility index (Phi) is 5.53. The molecule has 0 aliphatic carbocycles. The maximum atomic E-state index is 12.2. The lowest BCUT2D eigenvalue weighted by atomic mass is 9.86. The summed E-state index contributed by atoms with van der Waals surface area (Å²) >= 11 is 0. The molecule has 21 heavy (non-hydrogen) atoms. The van der Waals surface area contributed by atoms with Crippen LogP contribution in [0.4, 0.5) is 0 Å². The molecule has 1 atom stereocenters. The Morgan fingerprint density at radius 2 is 1.62 bits per heavy atom. The lowest BCUT2D eigenvalue weighted by Crippen LogP contribution is -2.45. The molecule has 0 bridgehead atoms. The lowest BCUT2D eigenvalue weighted by Gasteiger charge is -2.21. The van der Waals surface area contributed by atoms with Crippen molar-refractivity contribution >= 4 is 11.9 Å². The fourth-order valence-electron chi connectivity index (χ4n) is 1.97. The molecule has 0 saturated carbocycles. The van der Waals surface area contributed by atoms with Gasteiger partial charge >= 0.3 is 5.97 Å². The van der Waals surface area contributed by atoms with E-state index in [-0.39, 0.29) is 17.2 Å². The predicted octanol–water partition coefficient (Wildman–Crippen LogP) is 2.91. The Hall–Kier alpha value is -1.84. The average molecular weight is 291 g/mol. The number of rotatable bonds is 4. The number of carbonyl (C=O) groups is 2. The van der Waals surface area contributed by atoms with Gasteiger partial charge in [0, 0.05) is 5.56 Å². The third kappa shape index (κ3) is 4.59. The summed E-state index contributed by atoms with van der Waals surface area (Å²) in [5.41, 5.74) is 1.74. The van der Waals surface area contributed by atoms with Gasteiger partial charge in [-0.1, -0.05) is 46.8 Å². The SMILES string of the molecule is COC(=O)C(NC(=O)c1ccc(C(C)(C)C)cc1)C(C)C. The van der Waals surface area contributed by atoms with Gasteiger partial charge in [-0.15, -0.1) is 0 Å². The van der Waals surface area contributed by atoms with Crippen LogP contribution in [0.3, 0.4) is 0 Å². The van der Waals surface area contributed by atoms with Gasteiger partial charge in [-0.3, -0.25) is 4.79 Å². The van der Waals surface area contributed by atoms with Crippen LogP contribution in [0.25, 0.3) is 0 Å². The van der Waals surface area contributed by atoms with Crippen LogP contribution in [-0.4, -0.2) is 25.0 Å². The van der Waals surface area contributed by atoms with Gasteiger partial charge in [-0.05, 0) is 29.0 Å². The zero-order chi connectivity index (χ0) is 16.2. The van der Waals surface area contributed by atoms with Gasteiger partial charge in [-0.2, -0.15) is 0 Å². The third-order valence-electron chi connectivity index (χ3n) is 3.42. The highest BCUT2D eigenvalue weighted by molar-refractivity contribution is 5.96. The Morgan fingerprint density at radius 1 is 1.10 bits per heavy atom. The highest BCUT2D eigenvalue weighted by atomic mass is 16.5. The molecule has 0 heterocycles. The highest BCUT2D eigenvalue weighted by Crippen LogP contribution is 2.22. The second kappa shape index (κ2) is 6.74. The smallest absolute Gasteiger partial charge is 0.328 e. The van der Waals surface area contributed by atoms with Gasteiger partial charge in [0.2, 0.25) is 0 Å². The summed E-state index contributed by atoms with van der Waals surface area (Å²) in [5.74, 6) is -0.723. The molecule has 1 amide bonds. The fraction of sp³-hybridized carbons (Fsp3) is 0.529. The number of methoxy groups -OCH3 is 1. The summed E-state index contributed by atoms with van der Waals surface area (Å²) in [6.45, 7) is 10.1. The number of amides is 1. The van der Waals surface area contributed by atoms with Crippen LogP contribution in [0.5, 0.6) is 0 Å². The second-order valence-corrected chi connectivity index (χ2v) is 6.55. The van der Waals surface area contributed by atoms with E-state index in [9.17, 15) is 9.59 Å². The van der Waals surface area contributed by atoms with E-state index < -0.39 is 12.0 Å². The standard InChI is InChI=1S/C17H25NO3/c1-11(2)14(16(20)21-6)18-15(19)12-7-9-13(10-8-12)17(3,4)5/h7-11,14H,1-6H3,(H,18,19). The molecule has 1 unspecified atom stereocenters. The molecule has 0 spiro atoms. The molecular weight excluding hydrogens is 266 g/mol. The summed E-state index contributed by atoms with van der Waals surface area (Å²) in [7, 11) is 1.32. The van der Waals surface area contributed by atoms with Crippen molar-refractivity contribution in [3.05, 3.63) is 35.4 Å². The van der Waals surface area contributed by atoms with Crippen molar-refractivity contribution in [2.45, 2.75) is 46.1 Å². The van der Waals surface area contributed by atoms with Crippen LogP contribution in [0.15, 0.2) is 24.3 Å². The molecule has 4 heteroatoms. The Balaban J connectivity index is 2.86. The maximum Gasteiger partial charge on any atom is 0.328 e. The first-order valence-corrected chi connectivity index (χ1v) is 7.16. The third-order valence-corrected chi connectivity index (χ3v) is 3.42. The van der Waals surface area contributed by atoms with E-state index in [0.717, 1.165) is 5.56 Å². The summed E-state index contributed by atoms with van der Waals surface area (Å²) < 4.78 is 4.72. The first kappa shape index (κ1) is 17.2. The molecule has 0 fully saturated rings. The molecule has 4 nitrogen and oxygen atoms in total. The number of nitrogens with one attached hydrogen (secondary N) is 1. The summed E-state index contributed by atoms with van der Waals surface area (Å²) in [6.07, 6.45) is 0. The Labute approximate surface area is 126 Å². The molecule has 0 aliphatic rings.